The Morgan fingerprint density at radius 1 is 1.17 bits per heavy atom. The third-order valence-electron chi connectivity index (χ3n) is 2.33. The van der Waals surface area contributed by atoms with E-state index in [0.29, 0.717) is 22.4 Å². The van der Waals surface area contributed by atoms with Crippen LogP contribution in [0.4, 0.5) is 11.6 Å². The van der Waals surface area contributed by atoms with Gasteiger partial charge >= 0.3 is 0 Å². The molecule has 6 heteroatoms. The van der Waals surface area contributed by atoms with Crippen molar-refractivity contribution in [1.82, 2.24) is 4.98 Å². The van der Waals surface area contributed by atoms with Crippen LogP contribution < -0.4 is 11.1 Å². The summed E-state index contributed by atoms with van der Waals surface area (Å²) in [5, 5.41) is 3.93. The fraction of sp³-hybridized carbons (Fsp3) is 0.0833. The minimum Gasteiger partial charge on any atom is -0.382 e. The highest BCUT2D eigenvalue weighted by atomic mass is 79.9. The van der Waals surface area contributed by atoms with Crippen molar-refractivity contribution in [3.05, 3.63) is 50.4 Å². The van der Waals surface area contributed by atoms with Crippen LogP contribution in [0.15, 0.2) is 34.8 Å². The number of aromatic nitrogens is 1. The molecule has 0 spiro atoms. The zero-order valence-electron chi connectivity index (χ0n) is 9.25. The first-order valence-corrected chi connectivity index (χ1v) is 6.71. The van der Waals surface area contributed by atoms with Crippen molar-refractivity contribution < 1.29 is 0 Å². The van der Waals surface area contributed by atoms with Crippen molar-refractivity contribution in [1.29, 1.82) is 0 Å². The number of anilines is 2. The molecule has 0 saturated heterocycles. The van der Waals surface area contributed by atoms with Gasteiger partial charge in [-0.25, -0.2) is 4.98 Å². The highest BCUT2D eigenvalue weighted by molar-refractivity contribution is 9.10. The molecule has 0 atom stereocenters. The van der Waals surface area contributed by atoms with E-state index in [0.717, 1.165) is 10.0 Å². The van der Waals surface area contributed by atoms with Crippen LogP contribution >= 0.6 is 39.1 Å². The molecule has 2 rings (SSSR count). The summed E-state index contributed by atoms with van der Waals surface area (Å²) in [7, 11) is 0. The highest BCUT2D eigenvalue weighted by Gasteiger charge is 2.06. The normalized spacial score (nSPS) is 10.4. The molecule has 18 heavy (non-hydrogen) atoms. The predicted molar refractivity (Wildman–Crippen MR) is 80.1 cm³/mol. The SMILES string of the molecule is Nc1nc(NCc2ccc(Br)cc2)c(Cl)cc1Cl. The molecule has 1 aromatic carbocycles. The van der Waals surface area contributed by atoms with Gasteiger partial charge in [-0.1, -0.05) is 51.3 Å². The third kappa shape index (κ3) is 3.28. The van der Waals surface area contributed by atoms with Crippen molar-refractivity contribution in [3.8, 4) is 0 Å². The molecule has 0 aliphatic carbocycles. The summed E-state index contributed by atoms with van der Waals surface area (Å²) in [4.78, 5) is 4.10. The van der Waals surface area contributed by atoms with E-state index in [1.165, 1.54) is 0 Å². The topological polar surface area (TPSA) is 50.9 Å². The molecule has 3 N–H and O–H groups in total. The number of halogens is 3. The molecule has 0 aliphatic heterocycles. The summed E-state index contributed by atoms with van der Waals surface area (Å²) in [6, 6.07) is 9.54. The Kier molecular flexibility index (Phi) is 4.32. The summed E-state index contributed by atoms with van der Waals surface area (Å²) < 4.78 is 1.04. The van der Waals surface area contributed by atoms with Crippen LogP contribution in [0.5, 0.6) is 0 Å². The molecule has 0 aliphatic rings. The molecule has 0 fully saturated rings. The van der Waals surface area contributed by atoms with Crippen molar-refractivity contribution in [2.24, 2.45) is 0 Å². The second-order valence-electron chi connectivity index (χ2n) is 3.67. The van der Waals surface area contributed by atoms with Gasteiger partial charge in [-0.3, -0.25) is 0 Å². The van der Waals surface area contributed by atoms with Crippen LogP contribution in [0.25, 0.3) is 0 Å². The molecule has 0 radical (unpaired) electrons. The largest absolute Gasteiger partial charge is 0.382 e. The summed E-state index contributed by atoms with van der Waals surface area (Å²) in [6.45, 7) is 0.612. The number of hydrogen-bond acceptors (Lipinski definition) is 3. The minimum atomic E-state index is 0.263. The van der Waals surface area contributed by atoms with Crippen molar-refractivity contribution in [3.63, 3.8) is 0 Å². The zero-order valence-corrected chi connectivity index (χ0v) is 12.4. The first-order chi connectivity index (χ1) is 8.56. The summed E-state index contributed by atoms with van der Waals surface area (Å²) in [6.07, 6.45) is 0. The van der Waals surface area contributed by atoms with Gasteiger partial charge in [0, 0.05) is 11.0 Å². The molecule has 0 saturated carbocycles. The number of nitrogens with two attached hydrogens (primary N) is 1. The molecule has 0 unspecified atom stereocenters. The lowest BCUT2D eigenvalue weighted by atomic mass is 10.2. The second-order valence-corrected chi connectivity index (χ2v) is 5.40. The third-order valence-corrected chi connectivity index (χ3v) is 3.45. The van der Waals surface area contributed by atoms with Crippen LogP contribution in [0, 0.1) is 0 Å². The lowest BCUT2D eigenvalue weighted by Crippen LogP contribution is -2.04. The average Bonchev–Trinajstić information content (AvgIpc) is 2.34. The van der Waals surface area contributed by atoms with E-state index in [-0.39, 0.29) is 5.82 Å². The lowest BCUT2D eigenvalue weighted by molar-refractivity contribution is 1.11. The molecule has 3 nitrogen and oxygen atoms in total. The Labute approximate surface area is 123 Å². The average molecular weight is 347 g/mol. The van der Waals surface area contributed by atoms with E-state index in [4.69, 9.17) is 28.9 Å². The quantitative estimate of drug-likeness (QED) is 0.868. The Morgan fingerprint density at radius 2 is 1.83 bits per heavy atom. The molecule has 0 bridgehead atoms. The van der Waals surface area contributed by atoms with Gasteiger partial charge in [0.15, 0.2) is 0 Å². The molecular formula is C12H10BrCl2N3. The van der Waals surface area contributed by atoms with E-state index in [9.17, 15) is 0 Å². The number of benzene rings is 1. The first-order valence-electron chi connectivity index (χ1n) is 5.16. The van der Waals surface area contributed by atoms with Crippen LogP contribution in [-0.4, -0.2) is 4.98 Å². The molecule has 0 amide bonds. The van der Waals surface area contributed by atoms with Crippen LogP contribution in [0.2, 0.25) is 10.0 Å². The predicted octanol–water partition coefficient (Wildman–Crippen LogP) is 4.35. The standard InChI is InChI=1S/C12H10BrCl2N3/c13-8-3-1-7(2-4-8)6-17-12-10(15)5-9(14)11(16)18-12/h1-5H,6H2,(H3,16,17,18). The van der Waals surface area contributed by atoms with E-state index in [1.54, 1.807) is 6.07 Å². The minimum absolute atomic E-state index is 0.263. The maximum atomic E-state index is 6.02. The zero-order chi connectivity index (χ0) is 13.1. The molecule has 1 aromatic heterocycles. The van der Waals surface area contributed by atoms with Gasteiger partial charge in [-0.05, 0) is 23.8 Å². The lowest BCUT2D eigenvalue weighted by Gasteiger charge is -2.09. The first kappa shape index (κ1) is 13.5. The van der Waals surface area contributed by atoms with Gasteiger partial charge in [0.25, 0.3) is 0 Å². The summed E-state index contributed by atoms with van der Waals surface area (Å²) >= 11 is 15.2. The Balaban J connectivity index is 2.10. The Morgan fingerprint density at radius 3 is 2.50 bits per heavy atom. The summed E-state index contributed by atoms with van der Waals surface area (Å²) in [5.41, 5.74) is 6.75. The van der Waals surface area contributed by atoms with E-state index in [2.05, 4.69) is 26.2 Å². The Bertz CT molecular complexity index is 558. The van der Waals surface area contributed by atoms with Crippen LogP contribution in [0.1, 0.15) is 5.56 Å². The summed E-state index contributed by atoms with van der Waals surface area (Å²) in [5.74, 6) is 0.792. The maximum Gasteiger partial charge on any atom is 0.147 e. The smallest absolute Gasteiger partial charge is 0.147 e. The van der Waals surface area contributed by atoms with Gasteiger partial charge in [0.05, 0.1) is 10.0 Å². The monoisotopic (exact) mass is 345 g/mol. The molecule has 94 valence electrons. The molecular weight excluding hydrogens is 337 g/mol. The Hall–Kier alpha value is -0.970. The molecule has 2 aromatic rings. The number of rotatable bonds is 3. The van der Waals surface area contributed by atoms with Gasteiger partial charge < -0.3 is 11.1 Å². The van der Waals surface area contributed by atoms with E-state index >= 15 is 0 Å². The van der Waals surface area contributed by atoms with Crippen molar-refractivity contribution in [2.75, 3.05) is 11.1 Å². The number of nitrogens with one attached hydrogen (secondary N) is 1. The van der Waals surface area contributed by atoms with Gasteiger partial charge in [-0.2, -0.15) is 0 Å². The fourth-order valence-electron chi connectivity index (χ4n) is 1.39. The maximum absolute atomic E-state index is 6.02. The van der Waals surface area contributed by atoms with Gasteiger partial charge in [0.2, 0.25) is 0 Å². The second kappa shape index (κ2) is 5.78. The van der Waals surface area contributed by atoms with Gasteiger partial charge in [-0.15, -0.1) is 0 Å². The van der Waals surface area contributed by atoms with Crippen molar-refractivity contribution >= 4 is 50.8 Å². The molecule has 1 heterocycles. The number of nitrogens with zero attached hydrogens (tertiary/aromatic N) is 1. The number of nitrogen functional groups attached to an aromatic ring is 1. The van der Waals surface area contributed by atoms with Gasteiger partial charge in [0.1, 0.15) is 11.6 Å². The van der Waals surface area contributed by atoms with E-state index in [1.807, 2.05) is 24.3 Å². The number of pyridine rings is 1. The highest BCUT2D eigenvalue weighted by Crippen LogP contribution is 2.27. The van der Waals surface area contributed by atoms with Crippen LogP contribution in [0.3, 0.4) is 0 Å². The van der Waals surface area contributed by atoms with Crippen LogP contribution in [-0.2, 0) is 6.54 Å². The number of hydrogen-bond donors (Lipinski definition) is 2. The fourth-order valence-corrected chi connectivity index (χ4v) is 2.08. The van der Waals surface area contributed by atoms with E-state index < -0.39 is 0 Å². The van der Waals surface area contributed by atoms with Crippen molar-refractivity contribution in [2.45, 2.75) is 6.54 Å².